The molecule has 0 unspecified atom stereocenters. The van der Waals surface area contributed by atoms with Gasteiger partial charge in [-0.3, -0.25) is 28.7 Å². The molecule has 3 aliphatic heterocycles. The van der Waals surface area contributed by atoms with Crippen molar-refractivity contribution >= 4 is 40.6 Å². The maximum absolute atomic E-state index is 14.3. The van der Waals surface area contributed by atoms with Gasteiger partial charge in [-0.1, -0.05) is 30.3 Å². The van der Waals surface area contributed by atoms with Crippen LogP contribution in [0.4, 0.5) is 0 Å². The molecule has 1 saturated heterocycles. The van der Waals surface area contributed by atoms with Crippen LogP contribution in [0.25, 0.3) is 11.0 Å². The largest absolute Gasteiger partial charge is 0.492 e. The molecule has 0 aliphatic carbocycles. The first-order valence-electron chi connectivity index (χ1n) is 18.1. The molecule has 0 radical (unpaired) electrons. The molecule has 4 aromatic rings. The summed E-state index contributed by atoms with van der Waals surface area (Å²) in [6, 6.07) is 14.7. The molecule has 1 spiro atoms. The zero-order chi connectivity index (χ0) is 38.6. The van der Waals surface area contributed by atoms with E-state index in [9.17, 15) is 24.0 Å². The number of aryl methyl sites for hydroxylation is 3. The highest BCUT2D eigenvalue weighted by Gasteiger charge is 2.46. The van der Waals surface area contributed by atoms with Crippen LogP contribution in [0.15, 0.2) is 60.7 Å². The second-order valence-electron chi connectivity index (χ2n) is 13.9. The van der Waals surface area contributed by atoms with Crippen LogP contribution in [0.3, 0.4) is 0 Å². The van der Waals surface area contributed by atoms with E-state index in [0.29, 0.717) is 39.5 Å². The number of carbonyl (C=O) groups is 5. The number of piperidine rings is 1. The number of carbonyl (C=O) groups excluding carboxylic acids is 5. The van der Waals surface area contributed by atoms with E-state index in [1.165, 1.54) is 6.92 Å². The Morgan fingerprint density at radius 3 is 2.24 bits per heavy atom. The van der Waals surface area contributed by atoms with Gasteiger partial charge in [0.15, 0.2) is 11.2 Å². The molecule has 3 aliphatic rings. The quantitative estimate of drug-likeness (QED) is 0.228. The van der Waals surface area contributed by atoms with Crippen molar-refractivity contribution in [1.82, 2.24) is 40.9 Å². The number of aromatic nitrogens is 3. The molecule has 5 heterocycles. The van der Waals surface area contributed by atoms with Gasteiger partial charge in [0.05, 0.1) is 23.2 Å². The third kappa shape index (κ3) is 8.29. The summed E-state index contributed by atoms with van der Waals surface area (Å²) in [6.45, 7) is 7.48. The van der Waals surface area contributed by atoms with E-state index in [4.69, 9.17) is 9.47 Å². The monoisotopic (exact) mass is 738 g/mol. The topological polar surface area (TPSA) is 186 Å². The summed E-state index contributed by atoms with van der Waals surface area (Å²) in [5, 5.41) is 16.2. The zero-order valence-electron chi connectivity index (χ0n) is 31.1. The maximum Gasteiger partial charge on any atom is 0.264 e. The minimum absolute atomic E-state index is 0.132. The zero-order valence-corrected chi connectivity index (χ0v) is 31.1. The average Bonchev–Trinajstić information content (AvgIpc) is 3.44. The first-order chi connectivity index (χ1) is 25.8. The summed E-state index contributed by atoms with van der Waals surface area (Å²) in [4.78, 5) is 74.5. The van der Waals surface area contributed by atoms with E-state index in [1.807, 2.05) is 44.2 Å². The second-order valence-corrected chi connectivity index (χ2v) is 13.9. The third-order valence-electron chi connectivity index (χ3n) is 9.81. The summed E-state index contributed by atoms with van der Waals surface area (Å²) in [5.74, 6) is -1.40. The molecular formula is C39H46N8O7. The van der Waals surface area contributed by atoms with Crippen LogP contribution < -0.4 is 30.7 Å². The van der Waals surface area contributed by atoms with Gasteiger partial charge >= 0.3 is 0 Å². The van der Waals surface area contributed by atoms with E-state index in [1.54, 1.807) is 53.9 Å². The summed E-state index contributed by atoms with van der Waals surface area (Å²) in [5.41, 5.74) is 1.83. The number of likely N-dealkylation sites (tertiary alicyclic amines) is 1. The highest BCUT2D eigenvalue weighted by atomic mass is 16.5. The molecule has 1 fully saturated rings. The van der Waals surface area contributed by atoms with Crippen LogP contribution in [-0.2, 0) is 32.6 Å². The predicted molar refractivity (Wildman–Crippen MR) is 199 cm³/mol. The van der Waals surface area contributed by atoms with Crippen molar-refractivity contribution in [3.63, 3.8) is 0 Å². The minimum atomic E-state index is -1.44. The Bertz CT molecular complexity index is 2040. The fourth-order valence-corrected chi connectivity index (χ4v) is 6.81. The molecule has 2 bridgehead atoms. The Morgan fingerprint density at radius 1 is 0.870 bits per heavy atom. The highest BCUT2D eigenvalue weighted by Crippen LogP contribution is 2.32. The number of hydrogen-bond acceptors (Lipinski definition) is 9. The fraction of sp³-hybridized carbons (Fsp3) is 0.410. The van der Waals surface area contributed by atoms with Gasteiger partial charge < -0.3 is 35.6 Å². The first kappa shape index (κ1) is 37.8. The van der Waals surface area contributed by atoms with E-state index < -0.39 is 47.4 Å². The van der Waals surface area contributed by atoms with E-state index >= 15 is 0 Å². The molecule has 54 heavy (non-hydrogen) atoms. The van der Waals surface area contributed by atoms with Gasteiger partial charge in [-0.05, 0) is 63.6 Å². The molecule has 4 N–H and O–H groups in total. The van der Waals surface area contributed by atoms with Crippen molar-refractivity contribution < 1.29 is 33.4 Å². The van der Waals surface area contributed by atoms with Gasteiger partial charge in [-0.2, -0.15) is 5.10 Å². The van der Waals surface area contributed by atoms with Crippen LogP contribution >= 0.6 is 0 Å². The Labute approximate surface area is 313 Å². The number of amides is 5. The number of ether oxygens (including phenoxy) is 2. The first-order valence-corrected chi connectivity index (χ1v) is 18.1. The van der Waals surface area contributed by atoms with Gasteiger partial charge in [0, 0.05) is 45.1 Å². The normalized spacial score (nSPS) is 21.4. The highest BCUT2D eigenvalue weighted by molar-refractivity contribution is 6.06. The smallest absolute Gasteiger partial charge is 0.264 e. The predicted octanol–water partition coefficient (Wildman–Crippen LogP) is 1.88. The molecule has 5 amide bonds. The van der Waals surface area contributed by atoms with Gasteiger partial charge in [0.25, 0.3) is 11.8 Å². The molecule has 284 valence electrons. The van der Waals surface area contributed by atoms with E-state index in [2.05, 4.69) is 31.3 Å². The van der Waals surface area contributed by atoms with Crippen LogP contribution in [0.5, 0.6) is 11.5 Å². The number of nitrogens with one attached hydrogen (secondary N) is 4. The second kappa shape index (κ2) is 15.9. The molecule has 7 rings (SSSR count). The van der Waals surface area contributed by atoms with E-state index in [-0.39, 0.29) is 51.4 Å². The number of nitrogens with zero attached hydrogens (tertiary/aromatic N) is 4. The molecule has 2 aromatic heterocycles. The summed E-state index contributed by atoms with van der Waals surface area (Å²) in [6.07, 6.45) is 0.412. The van der Waals surface area contributed by atoms with Crippen molar-refractivity contribution in [2.75, 3.05) is 26.2 Å². The van der Waals surface area contributed by atoms with Gasteiger partial charge in [-0.25, -0.2) is 4.98 Å². The Hall–Kier alpha value is -5.99. The molecule has 15 heteroatoms. The lowest BCUT2D eigenvalue weighted by Gasteiger charge is -2.41. The lowest BCUT2D eigenvalue weighted by atomic mass is 9.89. The Balaban J connectivity index is 1.26. The Morgan fingerprint density at radius 2 is 1.54 bits per heavy atom. The molecule has 15 nitrogen and oxygen atoms in total. The average molecular weight is 739 g/mol. The summed E-state index contributed by atoms with van der Waals surface area (Å²) >= 11 is 0. The van der Waals surface area contributed by atoms with Crippen LogP contribution in [0, 0.1) is 13.8 Å². The Kier molecular flexibility index (Phi) is 11.1. The van der Waals surface area contributed by atoms with Gasteiger partial charge in [0.1, 0.15) is 36.2 Å². The third-order valence-corrected chi connectivity index (χ3v) is 9.81. The lowest BCUT2D eigenvalue weighted by molar-refractivity contribution is -0.143. The van der Waals surface area contributed by atoms with E-state index in [0.717, 1.165) is 5.56 Å². The standard InChI is InChI=1S/C39H46N8O7/c1-23-21-30(32-24(2)45-46(5)33(32)41-23)37(51)47-18-15-39(16-19-47)38(52)43-26(4)35(49)44-31(22-27-9-7-6-8-10-27)36(50)42-25(3)34(48)40-17-20-53-28-11-13-29(54-39)14-12-28/h6-14,21,25-26,31H,15-20,22H2,1-5H3,(H,40,48)(H,42,50)(H,43,52)(H,44,49)/t25-,26-,31-/m0/s1. The van der Waals surface area contributed by atoms with Crippen molar-refractivity contribution in [3.05, 3.63) is 83.2 Å². The van der Waals surface area contributed by atoms with Crippen molar-refractivity contribution in [2.45, 2.75) is 70.7 Å². The number of pyridine rings is 1. The SMILES string of the molecule is Cc1cc(C(=O)N2CCC3(CC2)Oc2ccc(cc2)OCCNC(=O)[C@H](C)NC(=O)[C@H](Cc2ccccc2)NC(=O)[C@H](C)NC3=O)c2c(C)nn(C)c2n1. The summed E-state index contributed by atoms with van der Waals surface area (Å²) < 4.78 is 13.9. The van der Waals surface area contributed by atoms with Gasteiger partial charge in [-0.15, -0.1) is 0 Å². The molecule has 0 saturated carbocycles. The molecule has 3 atom stereocenters. The van der Waals surface area contributed by atoms with Crippen molar-refractivity contribution in [2.24, 2.45) is 7.05 Å². The van der Waals surface area contributed by atoms with Crippen LogP contribution in [0.1, 0.15) is 54.0 Å². The number of hydrogen-bond donors (Lipinski definition) is 4. The number of benzene rings is 2. The van der Waals surface area contributed by atoms with Crippen molar-refractivity contribution in [3.8, 4) is 11.5 Å². The fourth-order valence-electron chi connectivity index (χ4n) is 6.81. The van der Waals surface area contributed by atoms with Gasteiger partial charge in [0.2, 0.25) is 17.7 Å². The minimum Gasteiger partial charge on any atom is -0.492 e. The van der Waals surface area contributed by atoms with Crippen molar-refractivity contribution in [1.29, 1.82) is 0 Å². The number of rotatable bonds is 3. The number of fused-ring (bicyclic) bond motifs is 16. The molecular weight excluding hydrogens is 692 g/mol. The van der Waals surface area contributed by atoms with Crippen LogP contribution in [0.2, 0.25) is 0 Å². The maximum atomic E-state index is 14.3. The molecule has 2 aromatic carbocycles. The summed E-state index contributed by atoms with van der Waals surface area (Å²) in [7, 11) is 1.79. The lowest BCUT2D eigenvalue weighted by Crippen LogP contribution is -2.61. The van der Waals surface area contributed by atoms with Crippen LogP contribution in [-0.4, -0.2) is 99.2 Å².